The molecule has 4 nitrogen and oxygen atoms in total. The number of H-pyrrole nitrogens is 1. The molecule has 19 heavy (non-hydrogen) atoms. The molecule has 0 amide bonds. The monoisotopic (exact) mass is 278 g/mol. The van der Waals surface area contributed by atoms with Crippen molar-refractivity contribution in [2.45, 2.75) is 37.6 Å². The maximum absolute atomic E-state index is 11.1. The number of aromatic nitrogens is 2. The van der Waals surface area contributed by atoms with Crippen LogP contribution in [0.25, 0.3) is 11.0 Å². The summed E-state index contributed by atoms with van der Waals surface area (Å²) in [4.78, 5) is 18.8. The molecule has 0 saturated carbocycles. The largest absolute Gasteiger partial charge is 0.494 e. The number of benzene rings is 1. The van der Waals surface area contributed by atoms with E-state index in [9.17, 15) is 4.79 Å². The van der Waals surface area contributed by atoms with Gasteiger partial charge in [-0.25, -0.2) is 4.98 Å². The summed E-state index contributed by atoms with van der Waals surface area (Å²) in [5.41, 5.74) is 1.88. The first-order valence-corrected chi connectivity index (χ1v) is 7.25. The molecule has 0 fully saturated rings. The minimum atomic E-state index is 0.203. The van der Waals surface area contributed by atoms with Crippen LogP contribution in [0.5, 0.6) is 5.75 Å². The van der Waals surface area contributed by atoms with Crippen LogP contribution in [0.3, 0.4) is 0 Å². The number of rotatable bonds is 6. The lowest BCUT2D eigenvalue weighted by Crippen LogP contribution is -2.03. The highest BCUT2D eigenvalue weighted by Gasteiger charge is 2.11. The van der Waals surface area contributed by atoms with Gasteiger partial charge in [0.05, 0.1) is 17.6 Å². The first kappa shape index (κ1) is 13.9. The lowest BCUT2D eigenvalue weighted by molar-refractivity contribution is -0.116. The van der Waals surface area contributed by atoms with Crippen LogP contribution in [0.4, 0.5) is 0 Å². The number of imidazole rings is 1. The summed E-state index contributed by atoms with van der Waals surface area (Å²) in [6.45, 7) is 6.26. The Morgan fingerprint density at radius 3 is 3.00 bits per heavy atom. The van der Waals surface area contributed by atoms with E-state index in [-0.39, 0.29) is 11.0 Å². The maximum Gasteiger partial charge on any atom is 0.166 e. The van der Waals surface area contributed by atoms with Crippen LogP contribution in [0.2, 0.25) is 0 Å². The van der Waals surface area contributed by atoms with Crippen molar-refractivity contribution in [3.8, 4) is 5.75 Å². The van der Waals surface area contributed by atoms with E-state index in [0.717, 1.165) is 21.9 Å². The number of Topliss-reactive ketones (excluding diaryl/α,β-unsaturated/α-hetero) is 1. The lowest BCUT2D eigenvalue weighted by Gasteiger charge is -2.05. The highest BCUT2D eigenvalue weighted by atomic mass is 32.2. The van der Waals surface area contributed by atoms with Crippen molar-refractivity contribution in [2.75, 3.05) is 6.61 Å². The van der Waals surface area contributed by atoms with Crippen molar-refractivity contribution in [3.05, 3.63) is 18.2 Å². The Hall–Kier alpha value is -1.49. The molecule has 1 aromatic carbocycles. The topological polar surface area (TPSA) is 55.0 Å². The normalized spacial score (nSPS) is 12.6. The standard InChI is InChI=1S/C14H18N2O2S/c1-4-18-11-5-6-12-13(8-11)16-14(15-12)19-10(3)7-9(2)17/h5-6,8,10H,4,7H2,1-3H3,(H,15,16). The predicted molar refractivity (Wildman–Crippen MR) is 77.9 cm³/mol. The molecule has 0 radical (unpaired) electrons. The zero-order chi connectivity index (χ0) is 13.8. The van der Waals surface area contributed by atoms with Gasteiger partial charge in [-0.15, -0.1) is 0 Å². The fourth-order valence-corrected chi connectivity index (χ4v) is 2.93. The SMILES string of the molecule is CCOc1ccc2nc(SC(C)CC(C)=O)[nH]c2c1. The molecule has 0 aliphatic carbocycles. The van der Waals surface area contributed by atoms with Crippen LogP contribution in [0.15, 0.2) is 23.4 Å². The summed E-state index contributed by atoms with van der Waals surface area (Å²) in [6, 6.07) is 5.81. The van der Waals surface area contributed by atoms with Crippen LogP contribution in [0.1, 0.15) is 27.2 Å². The Bertz CT molecular complexity index is 580. The van der Waals surface area contributed by atoms with Gasteiger partial charge in [-0.05, 0) is 26.0 Å². The van der Waals surface area contributed by atoms with Crippen molar-refractivity contribution in [3.63, 3.8) is 0 Å². The molecule has 1 unspecified atom stereocenters. The molecule has 2 aromatic rings. The number of nitrogens with one attached hydrogen (secondary N) is 1. The number of ketones is 1. The summed E-state index contributed by atoms with van der Waals surface area (Å²) >= 11 is 1.59. The summed E-state index contributed by atoms with van der Waals surface area (Å²) in [6.07, 6.45) is 0.561. The number of carbonyl (C=O) groups is 1. The number of thioether (sulfide) groups is 1. The molecule has 2 rings (SSSR count). The van der Waals surface area contributed by atoms with E-state index in [1.807, 2.05) is 32.0 Å². The Balaban J connectivity index is 2.14. The number of nitrogens with zero attached hydrogens (tertiary/aromatic N) is 1. The van der Waals surface area contributed by atoms with Gasteiger partial charge in [0.2, 0.25) is 0 Å². The average Bonchev–Trinajstić information content (AvgIpc) is 2.69. The molecule has 0 aliphatic rings. The van der Waals surface area contributed by atoms with Crippen molar-refractivity contribution in [2.24, 2.45) is 0 Å². The highest BCUT2D eigenvalue weighted by Crippen LogP contribution is 2.27. The smallest absolute Gasteiger partial charge is 0.166 e. The molecule has 1 atom stereocenters. The van der Waals surface area contributed by atoms with Gasteiger partial charge in [0.15, 0.2) is 5.16 Å². The third kappa shape index (κ3) is 3.73. The summed E-state index contributed by atoms with van der Waals surface area (Å²) < 4.78 is 5.46. The van der Waals surface area contributed by atoms with Gasteiger partial charge >= 0.3 is 0 Å². The fourth-order valence-electron chi connectivity index (χ4n) is 1.91. The highest BCUT2D eigenvalue weighted by molar-refractivity contribution is 7.99. The van der Waals surface area contributed by atoms with Gasteiger partial charge in [0.25, 0.3) is 0 Å². The van der Waals surface area contributed by atoms with E-state index in [0.29, 0.717) is 13.0 Å². The van der Waals surface area contributed by atoms with E-state index in [1.54, 1.807) is 18.7 Å². The van der Waals surface area contributed by atoms with Gasteiger partial charge in [-0.2, -0.15) is 0 Å². The Morgan fingerprint density at radius 2 is 2.32 bits per heavy atom. The summed E-state index contributed by atoms with van der Waals surface area (Å²) in [5.74, 6) is 1.04. The zero-order valence-corrected chi connectivity index (χ0v) is 12.2. The molecule has 0 bridgehead atoms. The molecule has 5 heteroatoms. The van der Waals surface area contributed by atoms with E-state index in [2.05, 4.69) is 9.97 Å². The van der Waals surface area contributed by atoms with E-state index >= 15 is 0 Å². The quantitative estimate of drug-likeness (QED) is 0.823. The number of ether oxygens (including phenoxy) is 1. The predicted octanol–water partition coefficient (Wildman–Crippen LogP) is 3.42. The number of aromatic amines is 1. The van der Waals surface area contributed by atoms with E-state index in [4.69, 9.17) is 4.74 Å². The van der Waals surface area contributed by atoms with E-state index < -0.39 is 0 Å². The van der Waals surface area contributed by atoms with Crippen molar-refractivity contribution in [1.29, 1.82) is 0 Å². The summed E-state index contributed by atoms with van der Waals surface area (Å²) in [7, 11) is 0. The number of carbonyl (C=O) groups excluding carboxylic acids is 1. The molecule has 1 aromatic heterocycles. The second kappa shape index (κ2) is 6.10. The van der Waals surface area contributed by atoms with E-state index in [1.165, 1.54) is 0 Å². The van der Waals surface area contributed by atoms with Crippen LogP contribution in [-0.2, 0) is 4.79 Å². The minimum Gasteiger partial charge on any atom is -0.494 e. The lowest BCUT2D eigenvalue weighted by atomic mass is 10.2. The Kier molecular flexibility index (Phi) is 4.47. The van der Waals surface area contributed by atoms with Gasteiger partial charge in [-0.3, -0.25) is 4.79 Å². The molecular formula is C14H18N2O2S. The van der Waals surface area contributed by atoms with Gasteiger partial charge in [0.1, 0.15) is 11.5 Å². The first-order chi connectivity index (χ1) is 9.08. The Morgan fingerprint density at radius 1 is 1.53 bits per heavy atom. The summed E-state index contributed by atoms with van der Waals surface area (Å²) in [5, 5.41) is 1.07. The molecule has 1 N–H and O–H groups in total. The number of fused-ring (bicyclic) bond motifs is 1. The average molecular weight is 278 g/mol. The third-order valence-corrected chi connectivity index (χ3v) is 3.62. The number of hydrogen-bond acceptors (Lipinski definition) is 4. The van der Waals surface area contributed by atoms with Gasteiger partial charge in [-0.1, -0.05) is 18.7 Å². The third-order valence-electron chi connectivity index (χ3n) is 2.63. The molecule has 0 saturated heterocycles. The molecule has 1 heterocycles. The van der Waals surface area contributed by atoms with Crippen molar-refractivity contribution >= 4 is 28.6 Å². The molecular weight excluding hydrogens is 260 g/mol. The zero-order valence-electron chi connectivity index (χ0n) is 11.4. The fraction of sp³-hybridized carbons (Fsp3) is 0.429. The minimum absolute atomic E-state index is 0.203. The van der Waals surface area contributed by atoms with Crippen molar-refractivity contribution < 1.29 is 9.53 Å². The Labute approximate surface area is 116 Å². The second-order valence-corrected chi connectivity index (χ2v) is 5.92. The molecule has 102 valence electrons. The van der Waals surface area contributed by atoms with Gasteiger partial charge < -0.3 is 9.72 Å². The van der Waals surface area contributed by atoms with Gasteiger partial charge in [0, 0.05) is 17.7 Å². The second-order valence-electron chi connectivity index (χ2n) is 4.49. The maximum atomic E-state index is 11.1. The molecule has 0 spiro atoms. The molecule has 0 aliphatic heterocycles. The van der Waals surface area contributed by atoms with Crippen molar-refractivity contribution in [1.82, 2.24) is 9.97 Å². The first-order valence-electron chi connectivity index (χ1n) is 6.37. The van der Waals surface area contributed by atoms with Crippen LogP contribution < -0.4 is 4.74 Å². The number of hydrogen-bond donors (Lipinski definition) is 1. The van der Waals surface area contributed by atoms with Crippen LogP contribution >= 0.6 is 11.8 Å². The van der Waals surface area contributed by atoms with Crippen LogP contribution in [0, 0.1) is 0 Å². The van der Waals surface area contributed by atoms with Crippen LogP contribution in [-0.4, -0.2) is 27.6 Å².